The topological polar surface area (TPSA) is 52.6 Å². The lowest BCUT2D eigenvalue weighted by molar-refractivity contribution is -0.354. The van der Waals surface area contributed by atoms with Gasteiger partial charge in [0.1, 0.15) is 13.2 Å². The second kappa shape index (κ2) is 13.2. The molecule has 11 heteroatoms. The first kappa shape index (κ1) is 38.6. The van der Waals surface area contributed by atoms with Crippen LogP contribution in [0.4, 0.5) is 30.7 Å². The van der Waals surface area contributed by atoms with Gasteiger partial charge in [-0.1, -0.05) is 113 Å². The highest BCUT2D eigenvalue weighted by Crippen LogP contribution is 2.53. The number of rotatable bonds is 10. The molecular formula is C45H35F7O4. The first-order chi connectivity index (χ1) is 26.2. The first-order valence-electron chi connectivity index (χ1n) is 17.6. The predicted octanol–water partition coefficient (Wildman–Crippen LogP) is 11.6. The number of hydrogen-bond acceptors (Lipinski definition) is 4. The van der Waals surface area contributed by atoms with Gasteiger partial charge >= 0.3 is 30.0 Å². The number of benzene rings is 6. The zero-order valence-electron chi connectivity index (χ0n) is 30.6. The first-order valence-corrected chi connectivity index (χ1v) is 17.6. The Balaban J connectivity index is 1.42. The Hall–Kier alpha value is -5.71. The van der Waals surface area contributed by atoms with Crippen LogP contribution in [0.5, 0.6) is 0 Å². The van der Waals surface area contributed by atoms with Crippen LogP contribution in [0.3, 0.4) is 0 Å². The Morgan fingerprint density at radius 2 is 1.16 bits per heavy atom. The minimum atomic E-state index is -6.51. The number of carbonyl (C=O) groups excluding carboxylic acids is 2. The quantitative estimate of drug-likeness (QED) is 0.0602. The molecule has 0 amide bonds. The van der Waals surface area contributed by atoms with Gasteiger partial charge in [-0.25, -0.2) is 9.59 Å². The summed E-state index contributed by atoms with van der Waals surface area (Å²) in [7, 11) is 0. The van der Waals surface area contributed by atoms with Gasteiger partial charge in [-0.3, -0.25) is 0 Å². The Kier molecular flexibility index (Phi) is 9.09. The summed E-state index contributed by atoms with van der Waals surface area (Å²) in [5.41, 5.74) is 1.88. The van der Waals surface area contributed by atoms with Crippen LogP contribution in [-0.2, 0) is 36.3 Å². The van der Waals surface area contributed by atoms with Crippen molar-refractivity contribution in [1.29, 1.82) is 0 Å². The van der Waals surface area contributed by atoms with E-state index in [-0.39, 0.29) is 11.0 Å². The number of halogens is 7. The molecular weight excluding hydrogens is 737 g/mol. The van der Waals surface area contributed by atoms with Gasteiger partial charge in [0, 0.05) is 18.6 Å². The van der Waals surface area contributed by atoms with Gasteiger partial charge < -0.3 is 9.47 Å². The van der Waals surface area contributed by atoms with E-state index in [1.54, 1.807) is 12.1 Å². The van der Waals surface area contributed by atoms with E-state index in [0.29, 0.717) is 22.3 Å². The standard InChI is InChI=1S/C45H35F7O4/c1-6-37(53)55-23-42(24-56-38(54)7-2)35-18-25(22-43(46,47)44(48,49)45(50,51)52)8-14-32(35)33-16-12-27(21-36(33)42)31-15-11-26-9-10-28-19-30(41(3,4)5)20-29-13-17-34(31)40(26)39(28)29/h6-21H,1-2,22-24H2,3-5H3. The van der Waals surface area contributed by atoms with Crippen LogP contribution >= 0.6 is 0 Å². The van der Waals surface area contributed by atoms with Crippen molar-refractivity contribution in [1.82, 2.24) is 0 Å². The molecule has 0 heterocycles. The van der Waals surface area contributed by atoms with Gasteiger partial charge in [-0.05, 0) is 88.3 Å². The summed E-state index contributed by atoms with van der Waals surface area (Å²) in [5, 5.41) is 6.22. The average molecular weight is 773 g/mol. The molecule has 1 aliphatic carbocycles. The molecule has 0 aliphatic heterocycles. The molecule has 6 aromatic carbocycles. The van der Waals surface area contributed by atoms with Crippen molar-refractivity contribution in [3.63, 3.8) is 0 Å². The van der Waals surface area contributed by atoms with Crippen LogP contribution in [0, 0.1) is 0 Å². The van der Waals surface area contributed by atoms with Crippen molar-refractivity contribution in [3.8, 4) is 22.3 Å². The van der Waals surface area contributed by atoms with E-state index in [1.165, 1.54) is 11.6 Å². The molecule has 0 atom stereocenters. The minimum absolute atomic E-state index is 0.0834. The zero-order valence-corrected chi connectivity index (χ0v) is 30.6. The van der Waals surface area contributed by atoms with E-state index < -0.39 is 60.6 Å². The van der Waals surface area contributed by atoms with Gasteiger partial charge in [0.05, 0.1) is 5.41 Å². The average Bonchev–Trinajstić information content (AvgIpc) is 3.41. The van der Waals surface area contributed by atoms with Gasteiger partial charge in [0.25, 0.3) is 0 Å². The summed E-state index contributed by atoms with van der Waals surface area (Å²) in [5.74, 6) is -13.6. The third-order valence-corrected chi connectivity index (χ3v) is 10.7. The molecule has 0 bridgehead atoms. The van der Waals surface area contributed by atoms with E-state index in [0.717, 1.165) is 62.2 Å². The van der Waals surface area contributed by atoms with E-state index in [9.17, 15) is 40.3 Å². The monoisotopic (exact) mass is 772 g/mol. The number of esters is 2. The Labute approximate surface area is 317 Å². The van der Waals surface area contributed by atoms with E-state index in [4.69, 9.17) is 9.47 Å². The minimum Gasteiger partial charge on any atom is -0.461 e. The lowest BCUT2D eigenvalue weighted by atomic mass is 9.77. The summed E-state index contributed by atoms with van der Waals surface area (Å²) < 4.78 is 108. The fourth-order valence-electron chi connectivity index (χ4n) is 7.76. The molecule has 0 radical (unpaired) electrons. The zero-order chi connectivity index (χ0) is 40.6. The van der Waals surface area contributed by atoms with Crippen LogP contribution in [-0.4, -0.2) is 43.2 Å². The largest absolute Gasteiger partial charge is 0.461 e. The highest BCUT2D eigenvalue weighted by molar-refractivity contribution is 6.25. The van der Waals surface area contributed by atoms with Gasteiger partial charge in [-0.2, -0.15) is 30.7 Å². The van der Waals surface area contributed by atoms with Gasteiger partial charge in [0.15, 0.2) is 0 Å². The molecule has 288 valence electrons. The maximum Gasteiger partial charge on any atom is 0.459 e. The van der Waals surface area contributed by atoms with Crippen molar-refractivity contribution >= 4 is 44.3 Å². The number of hydrogen-bond donors (Lipinski definition) is 0. The third-order valence-electron chi connectivity index (χ3n) is 10.7. The Bertz CT molecular complexity index is 2540. The van der Waals surface area contributed by atoms with E-state index in [1.807, 2.05) is 24.3 Å². The number of ether oxygens (including phenoxy) is 2. The summed E-state index contributed by atoms with van der Waals surface area (Å²) in [6.45, 7) is 12.2. The molecule has 56 heavy (non-hydrogen) atoms. The van der Waals surface area contributed by atoms with Crippen molar-refractivity contribution in [2.24, 2.45) is 0 Å². The number of fused-ring (bicyclic) bond motifs is 3. The van der Waals surface area contributed by atoms with Crippen LogP contribution in [0.25, 0.3) is 54.6 Å². The maximum absolute atomic E-state index is 14.8. The van der Waals surface area contributed by atoms with E-state index >= 15 is 0 Å². The lowest BCUT2D eigenvalue weighted by Crippen LogP contribution is -2.53. The smallest absolute Gasteiger partial charge is 0.459 e. The van der Waals surface area contributed by atoms with Gasteiger partial charge in [-0.15, -0.1) is 0 Å². The summed E-state index contributed by atoms with van der Waals surface area (Å²) in [4.78, 5) is 25.0. The number of alkyl halides is 7. The summed E-state index contributed by atoms with van der Waals surface area (Å²) in [6.07, 6.45) is -6.70. The van der Waals surface area contributed by atoms with E-state index in [2.05, 4.69) is 64.3 Å². The molecule has 0 saturated carbocycles. The highest BCUT2D eigenvalue weighted by Gasteiger charge is 2.72. The van der Waals surface area contributed by atoms with Crippen LogP contribution in [0.1, 0.15) is 43.0 Å². The summed E-state index contributed by atoms with van der Waals surface area (Å²) >= 11 is 0. The molecule has 0 unspecified atom stereocenters. The molecule has 0 N–H and O–H groups in total. The molecule has 0 fully saturated rings. The van der Waals surface area contributed by atoms with Crippen LogP contribution in [0.15, 0.2) is 110 Å². The molecule has 0 spiro atoms. The van der Waals surface area contributed by atoms with Crippen molar-refractivity contribution in [3.05, 3.63) is 132 Å². The second-order valence-corrected chi connectivity index (χ2v) is 15.2. The van der Waals surface area contributed by atoms with Crippen molar-refractivity contribution < 1.29 is 49.8 Å². The predicted molar refractivity (Wildman–Crippen MR) is 202 cm³/mol. The maximum atomic E-state index is 14.8. The lowest BCUT2D eigenvalue weighted by Gasteiger charge is -2.32. The molecule has 0 saturated heterocycles. The molecule has 6 aromatic rings. The fraction of sp³-hybridized carbons (Fsp3) is 0.244. The molecule has 0 aromatic heterocycles. The Morgan fingerprint density at radius 1 is 0.643 bits per heavy atom. The van der Waals surface area contributed by atoms with Crippen molar-refractivity contribution in [2.75, 3.05) is 13.2 Å². The Morgan fingerprint density at radius 3 is 1.73 bits per heavy atom. The summed E-state index contributed by atoms with van der Waals surface area (Å²) in [6, 6.07) is 25.5. The molecule has 7 rings (SSSR count). The second-order valence-electron chi connectivity index (χ2n) is 15.2. The fourth-order valence-corrected chi connectivity index (χ4v) is 7.76. The SMILES string of the molecule is C=CC(=O)OCC1(COC(=O)C=C)c2cc(CC(F)(F)C(F)(F)C(F)(F)F)ccc2-c2ccc(-c3ccc4ccc5cc(C(C)(C)C)cc6ccc3c4c56)cc21. The normalized spacial score (nSPS) is 14.2. The van der Waals surface area contributed by atoms with Crippen LogP contribution < -0.4 is 0 Å². The molecule has 1 aliphatic rings. The highest BCUT2D eigenvalue weighted by atomic mass is 19.4. The van der Waals surface area contributed by atoms with Crippen molar-refractivity contribution in [2.45, 2.75) is 56.0 Å². The molecule has 4 nitrogen and oxygen atoms in total. The van der Waals surface area contributed by atoms with Crippen LogP contribution in [0.2, 0.25) is 0 Å². The number of carbonyl (C=O) groups is 2. The van der Waals surface area contributed by atoms with Gasteiger partial charge in [0.2, 0.25) is 0 Å². The third kappa shape index (κ3) is 6.17.